The first-order valence-electron chi connectivity index (χ1n) is 17.5. The van der Waals surface area contributed by atoms with Gasteiger partial charge >= 0.3 is 7.69 Å². The number of aryl methyl sites for hydroxylation is 1. The third-order valence-corrected chi connectivity index (χ3v) is 8.67. The average molecular weight is 951 g/mol. The second-order valence-corrected chi connectivity index (χ2v) is 13.3. The molecule has 21 heteroatoms. The molecule has 0 saturated carbocycles. The van der Waals surface area contributed by atoms with Crippen molar-refractivity contribution in [2.75, 3.05) is 16.8 Å². The lowest BCUT2D eigenvalue weighted by molar-refractivity contribution is 0.100. The molecule has 7 rings (SSSR count). The molecule has 327 valence electrons. The Balaban J connectivity index is 0.000000204. The molecule has 6 N–H and O–H groups in total. The molecule has 1 heterocycles. The van der Waals surface area contributed by atoms with E-state index in [-0.39, 0.29) is 32.4 Å². The lowest BCUT2D eigenvalue weighted by atomic mass is 10.0. The maximum absolute atomic E-state index is 13.5. The molecule has 1 amide bonds. The van der Waals surface area contributed by atoms with Crippen molar-refractivity contribution in [1.29, 1.82) is 0 Å². The van der Waals surface area contributed by atoms with E-state index < -0.39 is 70.4 Å². The van der Waals surface area contributed by atoms with Crippen LogP contribution in [0.25, 0.3) is 22.3 Å². The fraction of sp³-hybridized carbons (Fsp3) is 0.0476. The minimum Gasteiger partial charge on any atom is -0.536 e. The lowest BCUT2D eigenvalue weighted by Gasteiger charge is -2.12. The summed E-state index contributed by atoms with van der Waals surface area (Å²) in [5.41, 5.74) is 12.1. The zero-order chi connectivity index (χ0) is 46.5. The van der Waals surface area contributed by atoms with Crippen LogP contribution in [0.1, 0.15) is 22.5 Å². The Morgan fingerprint density at radius 2 is 1.11 bits per heavy atom. The summed E-state index contributed by atoms with van der Waals surface area (Å²) in [7, 11) is 1.88. The first-order chi connectivity index (χ1) is 29.8. The molecule has 1 radical (unpaired) electrons. The van der Waals surface area contributed by atoms with E-state index in [9.17, 15) is 53.1 Å². The molecule has 0 spiro atoms. The van der Waals surface area contributed by atoms with Crippen LogP contribution in [-0.2, 0) is 7.05 Å². The van der Waals surface area contributed by atoms with Gasteiger partial charge in [0.1, 0.15) is 11.4 Å². The number of hydrogen-bond donors (Lipinski definition) is 4. The van der Waals surface area contributed by atoms with Gasteiger partial charge in [0, 0.05) is 34.0 Å². The fourth-order valence-corrected chi connectivity index (χ4v) is 5.67. The number of halogens is 12. The SMILES string of the molecule is Cn1ncc(C(=O)Nc2ccccc2-c2cc(F)c(F)c(F)c2)c1C(F)F.Fc1cc(Br)cc(F)c1F.Nc1ccccc1-c1cc(F)c(F)c(F)c1.Nc1ccccc1O[B]O. The number of alkyl halides is 2. The molecule has 0 fully saturated rings. The van der Waals surface area contributed by atoms with Gasteiger partial charge in [-0.2, -0.15) is 5.10 Å². The quantitative estimate of drug-likeness (QED) is 0.0414. The van der Waals surface area contributed by atoms with E-state index in [1.54, 1.807) is 54.6 Å². The van der Waals surface area contributed by atoms with E-state index in [0.29, 0.717) is 30.4 Å². The maximum atomic E-state index is 13.5. The normalized spacial score (nSPS) is 10.4. The van der Waals surface area contributed by atoms with Gasteiger partial charge in [-0.25, -0.2) is 48.3 Å². The number of amides is 1. The van der Waals surface area contributed by atoms with Crippen molar-refractivity contribution in [3.63, 3.8) is 0 Å². The minimum absolute atomic E-state index is 0.0254. The Bertz CT molecular complexity index is 2640. The summed E-state index contributed by atoms with van der Waals surface area (Å²) in [5.74, 6) is -12.5. The number of benzene rings is 6. The summed E-state index contributed by atoms with van der Waals surface area (Å²) in [4.78, 5) is 12.4. The predicted molar refractivity (Wildman–Crippen MR) is 218 cm³/mol. The number of para-hydroxylation sites is 4. The van der Waals surface area contributed by atoms with E-state index in [4.69, 9.17) is 16.5 Å². The Hall–Kier alpha value is -6.87. The Kier molecular flexibility index (Phi) is 17.3. The summed E-state index contributed by atoms with van der Waals surface area (Å²) in [5, 5.41) is 14.3. The monoisotopic (exact) mass is 950 g/mol. The van der Waals surface area contributed by atoms with Gasteiger partial charge in [0.05, 0.1) is 17.4 Å². The van der Waals surface area contributed by atoms with Crippen molar-refractivity contribution in [3.05, 3.63) is 183 Å². The van der Waals surface area contributed by atoms with E-state index in [2.05, 4.69) is 31.0 Å². The molecular weight excluding hydrogens is 922 g/mol. The number of rotatable bonds is 7. The molecule has 1 aromatic heterocycles. The van der Waals surface area contributed by atoms with Gasteiger partial charge in [-0.15, -0.1) is 0 Å². The highest BCUT2D eigenvalue weighted by molar-refractivity contribution is 9.10. The van der Waals surface area contributed by atoms with E-state index >= 15 is 0 Å². The highest BCUT2D eigenvalue weighted by atomic mass is 79.9. The number of nitrogens with zero attached hydrogens (tertiary/aromatic N) is 2. The van der Waals surface area contributed by atoms with Crippen LogP contribution in [0, 0.1) is 52.4 Å². The average Bonchev–Trinajstić information content (AvgIpc) is 3.64. The Labute approximate surface area is 360 Å². The van der Waals surface area contributed by atoms with Crippen molar-refractivity contribution >= 4 is 46.6 Å². The fourth-order valence-electron chi connectivity index (χ4n) is 5.27. The van der Waals surface area contributed by atoms with Crippen LogP contribution >= 0.6 is 15.9 Å². The zero-order valence-corrected chi connectivity index (χ0v) is 33.6. The molecule has 7 aromatic rings. The van der Waals surface area contributed by atoms with Gasteiger partial charge in [0.2, 0.25) is 0 Å². The molecule has 6 aromatic carbocycles. The number of nitrogens with two attached hydrogens (primary N) is 2. The maximum Gasteiger partial charge on any atom is 0.569 e. The summed E-state index contributed by atoms with van der Waals surface area (Å²) in [6.45, 7) is 0. The van der Waals surface area contributed by atoms with Crippen molar-refractivity contribution < 1.29 is 62.8 Å². The van der Waals surface area contributed by atoms with Gasteiger partial charge in [-0.1, -0.05) is 64.5 Å². The standard InChI is InChI=1S/C18H12F5N3O.C12H8F3N.C6H7BNO2.C6H2BrF3/c1-26-16(17(22)23)11(8-24-26)18(27)25-14-5-3-2-4-10(14)9-6-12(19)15(21)13(20)7-9;13-9-5-7(6-10(14)12(9)15)8-3-1-2-4-11(8)16;8-5-3-1-2-4-6(5)10-7-9;7-3-1-4(8)6(10)5(9)2-3/h2-8,17H,1H3,(H,25,27);1-6H,16H2;1-4,9H,8H2;1-2H. The number of carbonyl (C=O) groups is 1. The summed E-state index contributed by atoms with van der Waals surface area (Å²) in [6.07, 6.45) is -1.93. The molecule has 0 aliphatic rings. The van der Waals surface area contributed by atoms with Gasteiger partial charge in [0.25, 0.3) is 12.3 Å². The second kappa shape index (κ2) is 22.3. The van der Waals surface area contributed by atoms with Gasteiger partial charge in [-0.05, 0) is 71.8 Å². The van der Waals surface area contributed by atoms with Crippen LogP contribution in [-0.4, -0.2) is 28.4 Å². The molecule has 0 saturated heterocycles. The zero-order valence-electron chi connectivity index (χ0n) is 32.0. The van der Waals surface area contributed by atoms with Crippen LogP contribution < -0.4 is 21.4 Å². The first-order valence-corrected chi connectivity index (χ1v) is 18.3. The molecule has 0 bridgehead atoms. The summed E-state index contributed by atoms with van der Waals surface area (Å²) < 4.78 is 148. The Morgan fingerprint density at radius 1 is 0.683 bits per heavy atom. The van der Waals surface area contributed by atoms with Crippen molar-refractivity contribution in [2.45, 2.75) is 6.43 Å². The van der Waals surface area contributed by atoms with Crippen LogP contribution in [0.3, 0.4) is 0 Å². The van der Waals surface area contributed by atoms with Crippen LogP contribution in [0.4, 0.5) is 65.4 Å². The highest BCUT2D eigenvalue weighted by Gasteiger charge is 2.24. The number of aromatic nitrogens is 2. The molecule has 0 unspecified atom stereocenters. The topological polar surface area (TPSA) is 128 Å². The number of hydrogen-bond acceptors (Lipinski definition) is 6. The molecule has 0 aliphatic carbocycles. The first kappa shape index (κ1) is 48.8. The molecule has 0 aliphatic heterocycles. The molecule has 63 heavy (non-hydrogen) atoms. The van der Waals surface area contributed by atoms with Gasteiger partial charge in [-0.3, -0.25) is 9.48 Å². The van der Waals surface area contributed by atoms with Crippen molar-refractivity contribution in [2.24, 2.45) is 7.05 Å². The Morgan fingerprint density at radius 3 is 1.59 bits per heavy atom. The van der Waals surface area contributed by atoms with Gasteiger partial charge in [0.15, 0.2) is 52.4 Å². The van der Waals surface area contributed by atoms with Gasteiger partial charge < -0.3 is 26.5 Å². The van der Waals surface area contributed by atoms with Crippen molar-refractivity contribution in [3.8, 4) is 28.0 Å². The summed E-state index contributed by atoms with van der Waals surface area (Å²) in [6, 6.07) is 24.6. The van der Waals surface area contributed by atoms with E-state index in [1.807, 2.05) is 0 Å². The van der Waals surface area contributed by atoms with Crippen molar-refractivity contribution in [1.82, 2.24) is 9.78 Å². The van der Waals surface area contributed by atoms with Crippen LogP contribution in [0.15, 0.2) is 120 Å². The largest absolute Gasteiger partial charge is 0.569 e. The number of nitrogens with one attached hydrogen (secondary N) is 1. The number of carbonyl (C=O) groups excluding carboxylic acids is 1. The second-order valence-electron chi connectivity index (χ2n) is 12.4. The van der Waals surface area contributed by atoms with E-state index in [1.165, 1.54) is 25.2 Å². The van der Waals surface area contributed by atoms with Crippen LogP contribution in [0.5, 0.6) is 5.75 Å². The number of anilines is 3. The molecule has 0 atom stereocenters. The molecule has 8 nitrogen and oxygen atoms in total. The highest BCUT2D eigenvalue weighted by Crippen LogP contribution is 2.32. The predicted octanol–water partition coefficient (Wildman–Crippen LogP) is 11.1. The summed E-state index contributed by atoms with van der Waals surface area (Å²) >= 11 is 2.80. The van der Waals surface area contributed by atoms with Crippen LogP contribution in [0.2, 0.25) is 0 Å². The third kappa shape index (κ3) is 12.8. The smallest absolute Gasteiger partial charge is 0.536 e. The molecular formula is C42H29BBrF11N5O3. The number of nitrogen functional groups attached to an aromatic ring is 2. The minimum atomic E-state index is -2.92. The third-order valence-electron chi connectivity index (χ3n) is 8.21. The van der Waals surface area contributed by atoms with E-state index in [0.717, 1.165) is 47.3 Å². The lowest BCUT2D eigenvalue weighted by Crippen LogP contribution is -2.15.